The van der Waals surface area contributed by atoms with Crippen LogP contribution in [0.25, 0.3) is 0 Å². The van der Waals surface area contributed by atoms with Crippen LogP contribution in [0.1, 0.15) is 25.0 Å². The van der Waals surface area contributed by atoms with Crippen LogP contribution in [-0.4, -0.2) is 20.1 Å². The molecule has 1 amide bonds. The summed E-state index contributed by atoms with van der Waals surface area (Å²) >= 11 is 3.60. The van der Waals surface area contributed by atoms with Gasteiger partial charge in [-0.05, 0) is 52.2 Å². The Morgan fingerprint density at radius 2 is 1.76 bits per heavy atom. The number of hydrogen-bond donors (Lipinski definition) is 0. The Kier molecular flexibility index (Phi) is 6.48. The molecular formula is C20H24BrNO3. The Labute approximate surface area is 157 Å². The van der Waals surface area contributed by atoms with Crippen LogP contribution in [0, 0.1) is 12.8 Å². The molecule has 0 unspecified atom stereocenters. The zero-order valence-corrected chi connectivity index (χ0v) is 16.9. The number of benzene rings is 2. The molecule has 134 valence electrons. The van der Waals surface area contributed by atoms with Crippen molar-refractivity contribution < 1.29 is 14.3 Å². The summed E-state index contributed by atoms with van der Waals surface area (Å²) < 4.78 is 11.5. The van der Waals surface area contributed by atoms with E-state index in [2.05, 4.69) is 15.9 Å². The molecule has 2 aromatic carbocycles. The molecule has 0 aromatic heterocycles. The van der Waals surface area contributed by atoms with E-state index >= 15 is 0 Å². The van der Waals surface area contributed by atoms with Gasteiger partial charge in [0.15, 0.2) is 0 Å². The van der Waals surface area contributed by atoms with E-state index in [1.165, 1.54) is 0 Å². The lowest BCUT2D eigenvalue weighted by atomic mass is 10.1. The van der Waals surface area contributed by atoms with Crippen LogP contribution in [0.15, 0.2) is 40.9 Å². The van der Waals surface area contributed by atoms with E-state index < -0.39 is 0 Å². The number of aryl methyl sites for hydroxylation is 1. The van der Waals surface area contributed by atoms with Crippen molar-refractivity contribution in [3.05, 3.63) is 52.0 Å². The minimum absolute atomic E-state index is 0.0578. The molecule has 0 aliphatic rings. The summed E-state index contributed by atoms with van der Waals surface area (Å²) in [6.07, 6.45) is 0. The smallest absolute Gasteiger partial charge is 0.229 e. The van der Waals surface area contributed by atoms with Gasteiger partial charge in [0.05, 0.1) is 26.5 Å². The molecule has 0 bridgehead atoms. The predicted molar refractivity (Wildman–Crippen MR) is 104 cm³/mol. The van der Waals surface area contributed by atoms with Gasteiger partial charge in [-0.2, -0.15) is 0 Å². The first kappa shape index (κ1) is 19.3. The van der Waals surface area contributed by atoms with E-state index in [-0.39, 0.29) is 11.8 Å². The van der Waals surface area contributed by atoms with E-state index in [4.69, 9.17) is 9.47 Å². The summed E-state index contributed by atoms with van der Waals surface area (Å²) in [5, 5.41) is 0. The van der Waals surface area contributed by atoms with Crippen LogP contribution in [-0.2, 0) is 11.3 Å². The third-order valence-electron chi connectivity index (χ3n) is 4.01. The van der Waals surface area contributed by atoms with Crippen LogP contribution in [0.5, 0.6) is 11.5 Å². The van der Waals surface area contributed by atoms with Crippen molar-refractivity contribution in [3.63, 3.8) is 0 Å². The fourth-order valence-electron chi connectivity index (χ4n) is 2.58. The highest BCUT2D eigenvalue weighted by atomic mass is 79.9. The van der Waals surface area contributed by atoms with Crippen LogP contribution < -0.4 is 14.4 Å². The predicted octanol–water partition coefficient (Wildman–Crippen LogP) is 4.96. The van der Waals surface area contributed by atoms with Gasteiger partial charge in [-0.3, -0.25) is 4.79 Å². The fraction of sp³-hybridized carbons (Fsp3) is 0.350. The molecule has 5 heteroatoms. The van der Waals surface area contributed by atoms with E-state index in [0.29, 0.717) is 6.54 Å². The maximum absolute atomic E-state index is 12.8. The van der Waals surface area contributed by atoms with Gasteiger partial charge < -0.3 is 14.4 Å². The van der Waals surface area contributed by atoms with Gasteiger partial charge >= 0.3 is 0 Å². The van der Waals surface area contributed by atoms with Crippen molar-refractivity contribution in [1.29, 1.82) is 0 Å². The second-order valence-corrected chi connectivity index (χ2v) is 7.05. The topological polar surface area (TPSA) is 38.8 Å². The maximum Gasteiger partial charge on any atom is 0.229 e. The molecule has 25 heavy (non-hydrogen) atoms. The standard InChI is InChI=1S/C20H24BrNO3/c1-13(2)20(23)22(12-15-6-8-16(24-4)9-7-15)18-11-19(25-5)14(3)10-17(18)21/h6-11,13H,12H2,1-5H3. The normalized spacial score (nSPS) is 10.7. The molecule has 0 spiro atoms. The number of amides is 1. The van der Waals surface area contributed by atoms with Gasteiger partial charge in [0.1, 0.15) is 11.5 Å². The molecule has 0 aliphatic carbocycles. The third kappa shape index (κ3) is 4.54. The summed E-state index contributed by atoms with van der Waals surface area (Å²) in [4.78, 5) is 14.6. The number of anilines is 1. The van der Waals surface area contributed by atoms with Gasteiger partial charge in [0, 0.05) is 16.5 Å². The van der Waals surface area contributed by atoms with Gasteiger partial charge in [-0.15, -0.1) is 0 Å². The van der Waals surface area contributed by atoms with Crippen LogP contribution in [0.2, 0.25) is 0 Å². The van der Waals surface area contributed by atoms with Crippen LogP contribution in [0.3, 0.4) is 0 Å². The maximum atomic E-state index is 12.8. The van der Waals surface area contributed by atoms with Crippen molar-refractivity contribution in [3.8, 4) is 11.5 Å². The van der Waals surface area contributed by atoms with Crippen molar-refractivity contribution in [2.24, 2.45) is 5.92 Å². The summed E-state index contributed by atoms with van der Waals surface area (Å²) in [6.45, 7) is 6.27. The lowest BCUT2D eigenvalue weighted by molar-refractivity contribution is -0.121. The molecule has 0 aliphatic heterocycles. The molecule has 4 nitrogen and oxygen atoms in total. The Morgan fingerprint density at radius 3 is 2.28 bits per heavy atom. The minimum Gasteiger partial charge on any atom is -0.497 e. The Hall–Kier alpha value is -2.01. The first-order valence-corrected chi connectivity index (χ1v) is 8.95. The number of carbonyl (C=O) groups is 1. The SMILES string of the molecule is COc1ccc(CN(C(=O)C(C)C)c2cc(OC)c(C)cc2Br)cc1. The lowest BCUT2D eigenvalue weighted by Gasteiger charge is -2.27. The Balaban J connectivity index is 2.44. The van der Waals surface area contributed by atoms with Gasteiger partial charge in [0.2, 0.25) is 5.91 Å². The van der Waals surface area contributed by atoms with Crippen molar-refractivity contribution >= 4 is 27.5 Å². The molecule has 0 radical (unpaired) electrons. The van der Waals surface area contributed by atoms with Crippen LogP contribution in [0.4, 0.5) is 5.69 Å². The molecule has 0 atom stereocenters. The Morgan fingerprint density at radius 1 is 1.12 bits per heavy atom. The molecule has 2 aromatic rings. The summed E-state index contributed by atoms with van der Waals surface area (Å²) in [5.74, 6) is 1.50. The molecular weight excluding hydrogens is 382 g/mol. The largest absolute Gasteiger partial charge is 0.497 e. The summed E-state index contributed by atoms with van der Waals surface area (Å²) in [5.41, 5.74) is 2.85. The minimum atomic E-state index is -0.113. The fourth-order valence-corrected chi connectivity index (χ4v) is 3.25. The van der Waals surface area contributed by atoms with Gasteiger partial charge in [-0.1, -0.05) is 26.0 Å². The van der Waals surface area contributed by atoms with E-state index in [1.807, 2.05) is 57.2 Å². The summed E-state index contributed by atoms with van der Waals surface area (Å²) in [7, 11) is 3.28. The van der Waals surface area contributed by atoms with Crippen molar-refractivity contribution in [1.82, 2.24) is 0 Å². The third-order valence-corrected chi connectivity index (χ3v) is 4.65. The van der Waals surface area contributed by atoms with E-state index in [0.717, 1.165) is 32.8 Å². The highest BCUT2D eigenvalue weighted by Gasteiger charge is 2.22. The molecule has 0 heterocycles. The number of halogens is 1. The average molecular weight is 406 g/mol. The zero-order valence-electron chi connectivity index (χ0n) is 15.3. The molecule has 2 rings (SSSR count). The first-order chi connectivity index (χ1) is 11.9. The monoisotopic (exact) mass is 405 g/mol. The molecule has 0 saturated heterocycles. The second kappa shape index (κ2) is 8.39. The first-order valence-electron chi connectivity index (χ1n) is 8.15. The molecule has 0 N–H and O–H groups in total. The average Bonchev–Trinajstić information content (AvgIpc) is 2.60. The number of hydrogen-bond acceptors (Lipinski definition) is 3. The number of ether oxygens (including phenoxy) is 2. The van der Waals surface area contributed by atoms with Gasteiger partial charge in [0.25, 0.3) is 0 Å². The number of rotatable bonds is 6. The number of methoxy groups -OCH3 is 2. The second-order valence-electron chi connectivity index (χ2n) is 6.20. The number of carbonyl (C=O) groups excluding carboxylic acids is 1. The van der Waals surface area contributed by atoms with E-state index in [1.54, 1.807) is 19.1 Å². The molecule has 0 saturated carbocycles. The Bertz CT molecular complexity index is 741. The zero-order chi connectivity index (χ0) is 18.6. The van der Waals surface area contributed by atoms with Crippen molar-refractivity contribution in [2.45, 2.75) is 27.3 Å². The molecule has 0 fully saturated rings. The summed E-state index contributed by atoms with van der Waals surface area (Å²) in [6, 6.07) is 11.6. The van der Waals surface area contributed by atoms with Crippen molar-refractivity contribution in [2.75, 3.05) is 19.1 Å². The van der Waals surface area contributed by atoms with E-state index in [9.17, 15) is 4.79 Å². The lowest BCUT2D eigenvalue weighted by Crippen LogP contribution is -2.34. The highest BCUT2D eigenvalue weighted by molar-refractivity contribution is 9.10. The van der Waals surface area contributed by atoms with Gasteiger partial charge in [-0.25, -0.2) is 0 Å². The number of nitrogens with zero attached hydrogens (tertiary/aromatic N) is 1. The highest BCUT2D eigenvalue weighted by Crippen LogP contribution is 2.35. The quantitative estimate of drug-likeness (QED) is 0.681. The van der Waals surface area contributed by atoms with Crippen LogP contribution >= 0.6 is 15.9 Å².